The lowest BCUT2D eigenvalue weighted by atomic mass is 9.84. The number of rotatable bonds is 5. The van der Waals surface area contributed by atoms with E-state index in [-0.39, 0.29) is 11.9 Å². The Kier molecular flexibility index (Phi) is 4.46. The van der Waals surface area contributed by atoms with Gasteiger partial charge in [-0.15, -0.1) is 0 Å². The first-order valence-electron chi connectivity index (χ1n) is 9.29. The zero-order valence-electron chi connectivity index (χ0n) is 15.0. The number of carbonyl (C=O) groups is 1. The molecule has 0 spiro atoms. The van der Waals surface area contributed by atoms with Gasteiger partial charge in [-0.3, -0.25) is 4.99 Å². The SMILES string of the molecule is CCOC(=O)[C@]1(N=C(c2ccccc2)c2ccccc2)C[C@H]2C=C[C@@H]1C2. The van der Waals surface area contributed by atoms with Crippen LogP contribution < -0.4 is 0 Å². The third-order valence-electron chi connectivity index (χ3n) is 5.39. The van der Waals surface area contributed by atoms with Gasteiger partial charge < -0.3 is 4.74 Å². The van der Waals surface area contributed by atoms with Crippen LogP contribution in [0.4, 0.5) is 0 Å². The van der Waals surface area contributed by atoms with E-state index < -0.39 is 5.54 Å². The van der Waals surface area contributed by atoms with Crippen molar-refractivity contribution in [3.8, 4) is 0 Å². The molecule has 0 saturated heterocycles. The molecule has 0 unspecified atom stereocenters. The number of hydrogen-bond donors (Lipinski definition) is 0. The van der Waals surface area contributed by atoms with Gasteiger partial charge in [0.05, 0.1) is 12.3 Å². The third-order valence-corrected chi connectivity index (χ3v) is 5.39. The van der Waals surface area contributed by atoms with Crippen molar-refractivity contribution in [1.29, 1.82) is 0 Å². The Labute approximate surface area is 154 Å². The summed E-state index contributed by atoms with van der Waals surface area (Å²) in [7, 11) is 0. The number of carbonyl (C=O) groups excluding carboxylic acids is 1. The van der Waals surface area contributed by atoms with E-state index in [1.54, 1.807) is 0 Å². The lowest BCUT2D eigenvalue weighted by molar-refractivity contribution is -0.150. The Bertz CT molecular complexity index is 800. The molecule has 2 aromatic rings. The number of benzene rings is 2. The summed E-state index contributed by atoms with van der Waals surface area (Å²) in [6, 6.07) is 20.2. The maximum atomic E-state index is 13.0. The van der Waals surface area contributed by atoms with Crippen LogP contribution in [0.5, 0.6) is 0 Å². The van der Waals surface area contributed by atoms with Crippen molar-refractivity contribution in [3.05, 3.63) is 83.9 Å². The Hall–Kier alpha value is -2.68. The molecule has 3 nitrogen and oxygen atoms in total. The Balaban J connectivity index is 1.86. The second-order valence-electron chi connectivity index (χ2n) is 7.03. The van der Waals surface area contributed by atoms with E-state index in [1.165, 1.54) is 0 Å². The third kappa shape index (κ3) is 2.88. The van der Waals surface area contributed by atoms with Gasteiger partial charge >= 0.3 is 5.97 Å². The maximum Gasteiger partial charge on any atom is 0.334 e. The molecule has 0 N–H and O–H groups in total. The van der Waals surface area contributed by atoms with Gasteiger partial charge in [0.1, 0.15) is 0 Å². The second kappa shape index (κ2) is 6.91. The summed E-state index contributed by atoms with van der Waals surface area (Å²) in [5.74, 6) is 0.344. The average Bonchev–Trinajstić information content (AvgIpc) is 3.29. The number of ether oxygens (including phenoxy) is 1. The number of aliphatic imine (C=N–C) groups is 1. The van der Waals surface area contributed by atoms with Crippen LogP contribution in [0.3, 0.4) is 0 Å². The van der Waals surface area contributed by atoms with E-state index in [0.717, 1.165) is 29.7 Å². The van der Waals surface area contributed by atoms with Gasteiger partial charge in [-0.25, -0.2) is 4.79 Å². The molecule has 0 aliphatic heterocycles. The van der Waals surface area contributed by atoms with Crippen LogP contribution in [0.25, 0.3) is 0 Å². The first-order chi connectivity index (χ1) is 12.7. The Morgan fingerprint density at radius 2 is 1.65 bits per heavy atom. The van der Waals surface area contributed by atoms with Crippen LogP contribution in [0, 0.1) is 11.8 Å². The average molecular weight is 345 g/mol. The molecule has 1 saturated carbocycles. The zero-order chi connectivity index (χ0) is 18.0. The smallest absolute Gasteiger partial charge is 0.334 e. The van der Waals surface area contributed by atoms with Gasteiger partial charge in [-0.1, -0.05) is 72.8 Å². The summed E-state index contributed by atoms with van der Waals surface area (Å²) in [4.78, 5) is 18.1. The standard InChI is InChI=1S/C23H23NO2/c1-2-26-22(25)23(16-17-13-14-20(23)15-17)24-21(18-9-5-3-6-10-18)19-11-7-4-8-12-19/h3-14,17,20H,2,15-16H2,1H3/t17-,20+,23-/m0/s1. The molecule has 0 amide bonds. The minimum absolute atomic E-state index is 0.119. The molecule has 0 heterocycles. The lowest BCUT2D eigenvalue weighted by Crippen LogP contribution is -2.43. The molecule has 0 radical (unpaired) electrons. The number of hydrogen-bond acceptors (Lipinski definition) is 3. The van der Waals surface area contributed by atoms with Crippen molar-refractivity contribution < 1.29 is 9.53 Å². The summed E-state index contributed by atoms with van der Waals surface area (Å²) in [6.45, 7) is 2.23. The zero-order valence-corrected chi connectivity index (χ0v) is 15.0. The van der Waals surface area contributed by atoms with Crippen LogP contribution in [0.2, 0.25) is 0 Å². The fourth-order valence-electron chi connectivity index (χ4n) is 4.18. The van der Waals surface area contributed by atoms with Gasteiger partial charge in [-0.2, -0.15) is 0 Å². The fourth-order valence-corrected chi connectivity index (χ4v) is 4.18. The second-order valence-corrected chi connectivity index (χ2v) is 7.03. The number of allylic oxidation sites excluding steroid dienone is 1. The number of fused-ring (bicyclic) bond motifs is 2. The first kappa shape index (κ1) is 16.8. The van der Waals surface area contributed by atoms with E-state index in [1.807, 2.05) is 67.6 Å². The highest BCUT2D eigenvalue weighted by molar-refractivity contribution is 6.14. The quantitative estimate of drug-likeness (QED) is 0.457. The summed E-state index contributed by atoms with van der Waals surface area (Å²) in [5.41, 5.74) is 2.10. The number of nitrogens with zero attached hydrogens (tertiary/aromatic N) is 1. The monoisotopic (exact) mass is 345 g/mol. The highest BCUT2D eigenvalue weighted by Crippen LogP contribution is 2.49. The van der Waals surface area contributed by atoms with E-state index >= 15 is 0 Å². The summed E-state index contributed by atoms with van der Waals surface area (Å²) in [6.07, 6.45) is 6.10. The van der Waals surface area contributed by atoms with Crippen molar-refractivity contribution in [3.63, 3.8) is 0 Å². The predicted molar refractivity (Wildman–Crippen MR) is 103 cm³/mol. The van der Waals surface area contributed by atoms with Gasteiger partial charge in [0, 0.05) is 17.0 Å². The van der Waals surface area contributed by atoms with Gasteiger partial charge in [0.25, 0.3) is 0 Å². The molecule has 0 aromatic heterocycles. The van der Waals surface area contributed by atoms with Crippen molar-refractivity contribution >= 4 is 11.7 Å². The molecule has 2 aromatic carbocycles. The summed E-state index contributed by atoms with van der Waals surface area (Å²) < 4.78 is 5.47. The maximum absolute atomic E-state index is 13.0. The summed E-state index contributed by atoms with van der Waals surface area (Å²) in [5, 5.41) is 0. The van der Waals surface area contributed by atoms with Gasteiger partial charge in [0.2, 0.25) is 0 Å². The van der Waals surface area contributed by atoms with Crippen LogP contribution in [0.15, 0.2) is 77.8 Å². The lowest BCUT2D eigenvalue weighted by Gasteiger charge is -2.30. The fraction of sp³-hybridized carbons (Fsp3) is 0.304. The molecule has 3 heteroatoms. The molecule has 2 aliphatic rings. The Morgan fingerprint density at radius 3 is 2.12 bits per heavy atom. The summed E-state index contributed by atoms with van der Waals surface area (Å²) >= 11 is 0. The van der Waals surface area contributed by atoms with Crippen LogP contribution >= 0.6 is 0 Å². The largest absolute Gasteiger partial charge is 0.464 e. The molecular formula is C23H23NO2. The molecule has 4 rings (SSSR count). The molecular weight excluding hydrogens is 322 g/mol. The van der Waals surface area contributed by atoms with Crippen molar-refractivity contribution in [1.82, 2.24) is 0 Å². The van der Waals surface area contributed by atoms with Crippen LogP contribution in [-0.2, 0) is 9.53 Å². The first-order valence-corrected chi connectivity index (χ1v) is 9.29. The van der Waals surface area contributed by atoms with Gasteiger partial charge in [-0.05, 0) is 25.7 Å². The van der Waals surface area contributed by atoms with Gasteiger partial charge in [0.15, 0.2) is 5.54 Å². The van der Waals surface area contributed by atoms with E-state index in [0.29, 0.717) is 12.5 Å². The molecule has 2 bridgehead atoms. The van der Waals surface area contributed by atoms with Crippen LogP contribution in [0.1, 0.15) is 30.9 Å². The van der Waals surface area contributed by atoms with Crippen molar-refractivity contribution in [2.45, 2.75) is 25.3 Å². The van der Waals surface area contributed by atoms with Crippen molar-refractivity contribution in [2.24, 2.45) is 16.8 Å². The minimum atomic E-state index is -0.809. The van der Waals surface area contributed by atoms with Crippen LogP contribution in [-0.4, -0.2) is 23.8 Å². The molecule has 3 atom stereocenters. The number of esters is 1. The molecule has 26 heavy (non-hydrogen) atoms. The topological polar surface area (TPSA) is 38.7 Å². The highest BCUT2D eigenvalue weighted by atomic mass is 16.5. The molecule has 1 fully saturated rings. The Morgan fingerprint density at radius 1 is 1.04 bits per heavy atom. The molecule has 132 valence electrons. The highest BCUT2D eigenvalue weighted by Gasteiger charge is 2.55. The van der Waals surface area contributed by atoms with Crippen molar-refractivity contribution in [2.75, 3.05) is 6.61 Å². The van der Waals surface area contributed by atoms with E-state index in [9.17, 15) is 4.79 Å². The van der Waals surface area contributed by atoms with E-state index in [2.05, 4.69) is 12.2 Å². The predicted octanol–water partition coefficient (Wildman–Crippen LogP) is 4.42. The normalized spacial score (nSPS) is 25.9. The molecule has 2 aliphatic carbocycles. The van der Waals surface area contributed by atoms with E-state index in [4.69, 9.17) is 9.73 Å². The minimum Gasteiger partial charge on any atom is -0.464 e.